The van der Waals surface area contributed by atoms with Crippen molar-refractivity contribution in [1.82, 2.24) is 0 Å². The molecule has 0 aliphatic heterocycles. The molecule has 1 atom stereocenters. The maximum absolute atomic E-state index is 9.70. The molecular formula is C15H18N2O2. The molecule has 19 heavy (non-hydrogen) atoms. The number of rotatable bonds is 5. The van der Waals surface area contributed by atoms with Gasteiger partial charge in [-0.25, -0.2) is 0 Å². The molecule has 4 nitrogen and oxygen atoms in total. The van der Waals surface area contributed by atoms with Gasteiger partial charge in [-0.05, 0) is 31.2 Å². The second kappa shape index (κ2) is 6.00. The summed E-state index contributed by atoms with van der Waals surface area (Å²) in [5, 5.41) is 16.2. The topological polar surface area (TPSA) is 53.5 Å². The van der Waals surface area contributed by atoms with Gasteiger partial charge < -0.3 is 20.5 Å². The second-order valence-corrected chi connectivity index (χ2v) is 4.26. The molecule has 2 rings (SSSR count). The van der Waals surface area contributed by atoms with Crippen LogP contribution in [0.5, 0.6) is 11.5 Å². The molecule has 0 radical (unpaired) electrons. The maximum Gasteiger partial charge on any atom is 0.138 e. The minimum atomic E-state index is -0.0274. The van der Waals surface area contributed by atoms with Gasteiger partial charge in [-0.15, -0.1) is 0 Å². The number of phenols is 1. The lowest BCUT2D eigenvalue weighted by Crippen LogP contribution is -2.24. The Bertz CT molecular complexity index is 543. The zero-order chi connectivity index (χ0) is 13.7. The molecule has 100 valence electrons. The summed E-state index contributed by atoms with van der Waals surface area (Å²) in [5.41, 5.74) is 1.65. The number of nitrogens with one attached hydrogen (secondary N) is 2. The monoisotopic (exact) mass is 258 g/mol. The van der Waals surface area contributed by atoms with Crippen LogP contribution < -0.4 is 15.4 Å². The molecule has 2 aromatic rings. The third-order valence-corrected chi connectivity index (χ3v) is 2.73. The van der Waals surface area contributed by atoms with E-state index < -0.39 is 0 Å². The summed E-state index contributed by atoms with van der Waals surface area (Å²) in [4.78, 5) is 0. The summed E-state index contributed by atoms with van der Waals surface area (Å²) in [6.07, 6.45) is -0.0274. The summed E-state index contributed by atoms with van der Waals surface area (Å²) in [6.45, 7) is 1.98. The average Bonchev–Trinajstić information content (AvgIpc) is 2.41. The highest BCUT2D eigenvalue weighted by molar-refractivity contribution is 5.57. The van der Waals surface area contributed by atoms with Crippen LogP contribution in [0.25, 0.3) is 0 Å². The van der Waals surface area contributed by atoms with E-state index in [-0.39, 0.29) is 11.9 Å². The van der Waals surface area contributed by atoms with Crippen LogP contribution >= 0.6 is 0 Å². The molecule has 0 heterocycles. The van der Waals surface area contributed by atoms with Crippen LogP contribution in [-0.4, -0.2) is 18.4 Å². The maximum atomic E-state index is 9.70. The van der Waals surface area contributed by atoms with E-state index in [0.29, 0.717) is 5.69 Å². The summed E-state index contributed by atoms with van der Waals surface area (Å²) in [7, 11) is 1.64. The van der Waals surface area contributed by atoms with Gasteiger partial charge in [0, 0.05) is 11.8 Å². The molecule has 0 bridgehead atoms. The molecule has 0 spiro atoms. The van der Waals surface area contributed by atoms with Gasteiger partial charge in [0.05, 0.1) is 19.0 Å². The molecule has 2 aromatic carbocycles. The van der Waals surface area contributed by atoms with E-state index in [1.807, 2.05) is 43.3 Å². The molecule has 0 aromatic heterocycles. The van der Waals surface area contributed by atoms with E-state index in [9.17, 15) is 5.11 Å². The van der Waals surface area contributed by atoms with Gasteiger partial charge >= 0.3 is 0 Å². The SMILES string of the molecule is COc1cccc(NC(C)Nc2ccccc2O)c1. The van der Waals surface area contributed by atoms with Crippen molar-refractivity contribution in [1.29, 1.82) is 0 Å². The Labute approximate surface area is 113 Å². The van der Waals surface area contributed by atoms with Crippen molar-refractivity contribution in [3.63, 3.8) is 0 Å². The van der Waals surface area contributed by atoms with E-state index >= 15 is 0 Å². The van der Waals surface area contributed by atoms with Crippen LogP contribution in [-0.2, 0) is 0 Å². The second-order valence-electron chi connectivity index (χ2n) is 4.26. The fourth-order valence-corrected chi connectivity index (χ4v) is 1.83. The molecule has 0 fully saturated rings. The van der Waals surface area contributed by atoms with Gasteiger partial charge in [0.15, 0.2) is 0 Å². The van der Waals surface area contributed by atoms with Crippen LogP contribution in [0, 0.1) is 0 Å². The predicted molar refractivity (Wildman–Crippen MR) is 77.8 cm³/mol. The molecular weight excluding hydrogens is 240 g/mol. The highest BCUT2D eigenvalue weighted by Gasteiger charge is 2.05. The number of aromatic hydroxyl groups is 1. The van der Waals surface area contributed by atoms with Crippen LogP contribution in [0.3, 0.4) is 0 Å². The van der Waals surface area contributed by atoms with Crippen LogP contribution in [0.4, 0.5) is 11.4 Å². The van der Waals surface area contributed by atoms with Gasteiger partial charge in [-0.1, -0.05) is 18.2 Å². The molecule has 0 saturated carbocycles. The third-order valence-electron chi connectivity index (χ3n) is 2.73. The lowest BCUT2D eigenvalue weighted by atomic mass is 10.2. The Balaban J connectivity index is 2.01. The van der Waals surface area contributed by atoms with Crippen molar-refractivity contribution in [3.05, 3.63) is 48.5 Å². The minimum Gasteiger partial charge on any atom is -0.506 e. The Hall–Kier alpha value is -2.36. The third kappa shape index (κ3) is 3.55. The van der Waals surface area contributed by atoms with Crippen molar-refractivity contribution in [2.75, 3.05) is 17.7 Å². The normalized spacial score (nSPS) is 11.7. The number of anilines is 2. The molecule has 4 heteroatoms. The first-order chi connectivity index (χ1) is 9.19. The molecule has 0 saturated heterocycles. The van der Waals surface area contributed by atoms with Gasteiger partial charge in [0.25, 0.3) is 0 Å². The van der Waals surface area contributed by atoms with Crippen molar-refractivity contribution in [2.45, 2.75) is 13.1 Å². The Kier molecular flexibility index (Phi) is 4.13. The number of para-hydroxylation sites is 2. The number of hydrogen-bond donors (Lipinski definition) is 3. The van der Waals surface area contributed by atoms with Crippen LogP contribution in [0.1, 0.15) is 6.92 Å². The molecule has 0 aliphatic rings. The standard InChI is InChI=1S/C15H18N2O2/c1-11(17-14-8-3-4-9-15(14)18)16-12-6-5-7-13(10-12)19-2/h3-11,16-18H,1-2H3. The summed E-state index contributed by atoms with van der Waals surface area (Å²) in [6, 6.07) is 14.9. The quantitative estimate of drug-likeness (QED) is 0.569. The van der Waals surface area contributed by atoms with E-state index in [1.54, 1.807) is 19.2 Å². The lowest BCUT2D eigenvalue weighted by Gasteiger charge is -2.19. The molecule has 3 N–H and O–H groups in total. The minimum absolute atomic E-state index is 0.0274. The lowest BCUT2D eigenvalue weighted by molar-refractivity contribution is 0.415. The fourth-order valence-electron chi connectivity index (χ4n) is 1.83. The molecule has 1 unspecified atom stereocenters. The zero-order valence-electron chi connectivity index (χ0n) is 11.1. The van der Waals surface area contributed by atoms with Gasteiger partial charge in [-0.3, -0.25) is 0 Å². The van der Waals surface area contributed by atoms with Gasteiger partial charge in [-0.2, -0.15) is 0 Å². The van der Waals surface area contributed by atoms with Crippen LogP contribution in [0.2, 0.25) is 0 Å². The highest BCUT2D eigenvalue weighted by atomic mass is 16.5. The molecule has 0 aliphatic carbocycles. The Morgan fingerprint density at radius 3 is 2.58 bits per heavy atom. The summed E-state index contributed by atoms with van der Waals surface area (Å²) in [5.74, 6) is 1.04. The van der Waals surface area contributed by atoms with Crippen LogP contribution in [0.15, 0.2) is 48.5 Å². The van der Waals surface area contributed by atoms with E-state index in [0.717, 1.165) is 11.4 Å². The van der Waals surface area contributed by atoms with Crippen molar-refractivity contribution in [2.24, 2.45) is 0 Å². The van der Waals surface area contributed by atoms with Gasteiger partial charge in [0.2, 0.25) is 0 Å². The number of hydrogen-bond acceptors (Lipinski definition) is 4. The predicted octanol–water partition coefficient (Wildman–Crippen LogP) is 3.27. The largest absolute Gasteiger partial charge is 0.506 e. The summed E-state index contributed by atoms with van der Waals surface area (Å²) >= 11 is 0. The van der Waals surface area contributed by atoms with Crippen molar-refractivity contribution < 1.29 is 9.84 Å². The van der Waals surface area contributed by atoms with E-state index in [4.69, 9.17) is 4.74 Å². The average molecular weight is 258 g/mol. The number of ether oxygens (including phenoxy) is 1. The number of phenolic OH excluding ortho intramolecular Hbond substituents is 1. The van der Waals surface area contributed by atoms with Crippen molar-refractivity contribution in [3.8, 4) is 11.5 Å². The van der Waals surface area contributed by atoms with E-state index in [1.165, 1.54) is 0 Å². The number of benzene rings is 2. The Morgan fingerprint density at radius 1 is 1.05 bits per heavy atom. The highest BCUT2D eigenvalue weighted by Crippen LogP contribution is 2.23. The first-order valence-corrected chi connectivity index (χ1v) is 6.14. The Morgan fingerprint density at radius 2 is 1.84 bits per heavy atom. The van der Waals surface area contributed by atoms with Gasteiger partial charge in [0.1, 0.15) is 11.5 Å². The number of methoxy groups -OCH3 is 1. The van der Waals surface area contributed by atoms with Crippen molar-refractivity contribution >= 4 is 11.4 Å². The fraction of sp³-hybridized carbons (Fsp3) is 0.200. The summed E-state index contributed by atoms with van der Waals surface area (Å²) < 4.78 is 5.17. The zero-order valence-corrected chi connectivity index (χ0v) is 11.1. The first-order valence-electron chi connectivity index (χ1n) is 6.14. The smallest absolute Gasteiger partial charge is 0.138 e. The first kappa shape index (κ1) is 13.1. The molecule has 0 amide bonds. The van der Waals surface area contributed by atoms with E-state index in [2.05, 4.69) is 10.6 Å².